The molecule has 1 aromatic rings. The van der Waals surface area contributed by atoms with Gasteiger partial charge in [-0.25, -0.2) is 4.79 Å². The fourth-order valence-electron chi connectivity index (χ4n) is 1.44. The van der Waals surface area contributed by atoms with E-state index in [0.717, 1.165) is 0 Å². The summed E-state index contributed by atoms with van der Waals surface area (Å²) in [6.07, 6.45) is 3.34. The van der Waals surface area contributed by atoms with Crippen molar-refractivity contribution >= 4 is 17.7 Å². The minimum absolute atomic E-state index is 0.0504. The molecule has 1 heterocycles. The first-order valence-electron chi connectivity index (χ1n) is 6.42. The van der Waals surface area contributed by atoms with E-state index in [0.29, 0.717) is 30.5 Å². The first kappa shape index (κ1) is 17.1. The van der Waals surface area contributed by atoms with Gasteiger partial charge >= 0.3 is 5.97 Å². The molecular formula is C14H18N2O4S. The monoisotopic (exact) mass is 310 g/mol. The van der Waals surface area contributed by atoms with Gasteiger partial charge in [0.05, 0.1) is 24.4 Å². The molecule has 0 aliphatic carbocycles. The molecule has 1 N–H and O–H groups in total. The Morgan fingerprint density at radius 1 is 1.52 bits per heavy atom. The Morgan fingerprint density at radius 2 is 2.33 bits per heavy atom. The van der Waals surface area contributed by atoms with E-state index in [-0.39, 0.29) is 12.2 Å². The Labute approximate surface area is 128 Å². The molecule has 0 aromatic carbocycles. The topological polar surface area (TPSA) is 84.5 Å². The van der Waals surface area contributed by atoms with E-state index < -0.39 is 5.97 Å². The molecule has 0 atom stereocenters. The Balaban J connectivity index is 2.62. The van der Waals surface area contributed by atoms with Crippen LogP contribution in [0.1, 0.15) is 12.7 Å². The molecular weight excluding hydrogens is 292 g/mol. The average Bonchev–Trinajstić information content (AvgIpc) is 3.01. The molecule has 1 aromatic heterocycles. The highest BCUT2D eigenvalue weighted by atomic mass is 32.2. The van der Waals surface area contributed by atoms with Crippen molar-refractivity contribution < 1.29 is 18.7 Å². The van der Waals surface area contributed by atoms with Gasteiger partial charge in [-0.3, -0.25) is 0 Å². The molecule has 0 unspecified atom stereocenters. The molecule has 0 saturated heterocycles. The van der Waals surface area contributed by atoms with Crippen molar-refractivity contribution in [3.63, 3.8) is 0 Å². The second kappa shape index (κ2) is 9.91. The molecule has 0 radical (unpaired) electrons. The van der Waals surface area contributed by atoms with Crippen LogP contribution < -0.4 is 5.32 Å². The highest BCUT2D eigenvalue weighted by Crippen LogP contribution is 2.16. The second-order valence-electron chi connectivity index (χ2n) is 3.79. The minimum Gasteiger partial charge on any atom is -0.467 e. The van der Waals surface area contributed by atoms with Crippen LogP contribution in [-0.2, 0) is 20.8 Å². The number of nitrogens with one attached hydrogen (secondary N) is 1. The third-order valence-corrected chi connectivity index (χ3v) is 3.17. The lowest BCUT2D eigenvalue weighted by atomic mass is 10.3. The second-order valence-corrected chi connectivity index (χ2v) is 4.60. The molecule has 0 amide bonds. The lowest BCUT2D eigenvalue weighted by molar-refractivity contribution is -0.140. The predicted octanol–water partition coefficient (Wildman–Crippen LogP) is 2.05. The van der Waals surface area contributed by atoms with E-state index in [4.69, 9.17) is 19.2 Å². The van der Waals surface area contributed by atoms with Gasteiger partial charge in [0.2, 0.25) is 0 Å². The van der Waals surface area contributed by atoms with Crippen LogP contribution in [0.2, 0.25) is 0 Å². The van der Waals surface area contributed by atoms with Crippen molar-refractivity contribution in [1.82, 2.24) is 5.32 Å². The van der Waals surface area contributed by atoms with Crippen LogP contribution in [0.25, 0.3) is 0 Å². The summed E-state index contributed by atoms with van der Waals surface area (Å²) in [7, 11) is 0. The Morgan fingerprint density at radius 3 is 2.90 bits per heavy atom. The van der Waals surface area contributed by atoms with Crippen molar-refractivity contribution in [2.45, 2.75) is 13.5 Å². The maximum atomic E-state index is 11.9. The minimum atomic E-state index is -0.659. The summed E-state index contributed by atoms with van der Waals surface area (Å²) in [5.41, 5.74) is -0.0504. The van der Waals surface area contributed by atoms with Crippen LogP contribution >= 0.6 is 11.8 Å². The first-order chi connectivity index (χ1) is 10.2. The highest BCUT2D eigenvalue weighted by molar-refractivity contribution is 8.02. The maximum absolute atomic E-state index is 11.9. The smallest absolute Gasteiger partial charge is 0.351 e. The Hall–Kier alpha value is -1.91. The summed E-state index contributed by atoms with van der Waals surface area (Å²) in [6, 6.07) is 5.45. The molecule has 0 spiro atoms. The SMILES string of the molecule is CCOCCOC(=O)/C(C#N)=C(\NCc1ccco1)SC. The molecule has 0 fully saturated rings. The van der Waals surface area contributed by atoms with Crippen molar-refractivity contribution in [3.8, 4) is 6.07 Å². The predicted molar refractivity (Wildman–Crippen MR) is 79.2 cm³/mol. The van der Waals surface area contributed by atoms with Crippen molar-refractivity contribution in [3.05, 3.63) is 34.8 Å². The van der Waals surface area contributed by atoms with E-state index in [2.05, 4.69) is 5.32 Å². The largest absolute Gasteiger partial charge is 0.467 e. The summed E-state index contributed by atoms with van der Waals surface area (Å²) >= 11 is 1.27. The molecule has 0 aliphatic heterocycles. The third-order valence-electron chi connectivity index (χ3n) is 2.42. The number of hydrogen-bond acceptors (Lipinski definition) is 7. The number of rotatable bonds is 9. The number of hydrogen-bond donors (Lipinski definition) is 1. The van der Waals surface area contributed by atoms with Gasteiger partial charge in [-0.2, -0.15) is 5.26 Å². The number of ether oxygens (including phenoxy) is 2. The fourth-order valence-corrected chi connectivity index (χ4v) is 1.99. The van der Waals surface area contributed by atoms with Crippen LogP contribution in [0.5, 0.6) is 0 Å². The van der Waals surface area contributed by atoms with E-state index in [1.165, 1.54) is 11.8 Å². The summed E-state index contributed by atoms with van der Waals surface area (Å²) in [4.78, 5) is 11.9. The van der Waals surface area contributed by atoms with Crippen LogP contribution in [-0.4, -0.2) is 32.0 Å². The van der Waals surface area contributed by atoms with Gasteiger partial charge in [-0.1, -0.05) is 0 Å². The van der Waals surface area contributed by atoms with Crippen LogP contribution in [0, 0.1) is 11.3 Å². The lowest BCUT2D eigenvalue weighted by Gasteiger charge is -2.10. The van der Waals surface area contributed by atoms with Gasteiger partial charge in [-0.15, -0.1) is 11.8 Å². The number of carbonyl (C=O) groups is 1. The highest BCUT2D eigenvalue weighted by Gasteiger charge is 2.17. The van der Waals surface area contributed by atoms with E-state index in [1.54, 1.807) is 24.7 Å². The van der Waals surface area contributed by atoms with Crippen LogP contribution in [0.3, 0.4) is 0 Å². The fraction of sp³-hybridized carbons (Fsp3) is 0.429. The molecule has 21 heavy (non-hydrogen) atoms. The standard InChI is InChI=1S/C14H18N2O4S/c1-3-18-7-8-20-14(17)12(9-15)13(21-2)16-10-11-5-4-6-19-11/h4-6,16H,3,7-8,10H2,1-2H3/b13-12+. The molecule has 114 valence electrons. The summed E-state index contributed by atoms with van der Waals surface area (Å²) in [5, 5.41) is 12.6. The van der Waals surface area contributed by atoms with Crippen molar-refractivity contribution in [1.29, 1.82) is 5.26 Å². The summed E-state index contributed by atoms with van der Waals surface area (Å²) < 4.78 is 15.3. The van der Waals surface area contributed by atoms with Gasteiger partial charge in [0.1, 0.15) is 18.4 Å². The number of thioether (sulfide) groups is 1. The van der Waals surface area contributed by atoms with Gasteiger partial charge in [-0.05, 0) is 25.3 Å². The van der Waals surface area contributed by atoms with Crippen molar-refractivity contribution in [2.75, 3.05) is 26.1 Å². The Kier molecular flexibility index (Phi) is 8.09. The maximum Gasteiger partial charge on any atom is 0.351 e. The van der Waals surface area contributed by atoms with E-state index in [9.17, 15) is 4.79 Å². The van der Waals surface area contributed by atoms with E-state index >= 15 is 0 Å². The van der Waals surface area contributed by atoms with Gasteiger partial charge in [0, 0.05) is 6.61 Å². The number of esters is 1. The summed E-state index contributed by atoms with van der Waals surface area (Å²) in [6.45, 7) is 3.24. The van der Waals surface area contributed by atoms with Gasteiger partial charge in [0.25, 0.3) is 0 Å². The molecule has 0 bridgehead atoms. The average molecular weight is 310 g/mol. The van der Waals surface area contributed by atoms with Crippen LogP contribution in [0.4, 0.5) is 0 Å². The quantitative estimate of drug-likeness (QED) is 0.323. The lowest BCUT2D eigenvalue weighted by Crippen LogP contribution is -2.18. The zero-order valence-electron chi connectivity index (χ0n) is 12.0. The normalized spacial score (nSPS) is 11.5. The number of carbonyl (C=O) groups excluding carboxylic acids is 1. The Bertz CT molecular complexity index is 506. The van der Waals surface area contributed by atoms with E-state index in [1.807, 2.05) is 13.0 Å². The third kappa shape index (κ3) is 5.94. The zero-order chi connectivity index (χ0) is 15.5. The summed E-state index contributed by atoms with van der Waals surface area (Å²) in [5.74, 6) is 0.0528. The molecule has 0 aliphatic rings. The van der Waals surface area contributed by atoms with Gasteiger partial charge in [0.15, 0.2) is 5.57 Å². The van der Waals surface area contributed by atoms with Crippen LogP contribution in [0.15, 0.2) is 33.4 Å². The van der Waals surface area contributed by atoms with Crippen molar-refractivity contribution in [2.24, 2.45) is 0 Å². The molecule has 0 saturated carbocycles. The number of furan rings is 1. The van der Waals surface area contributed by atoms with Gasteiger partial charge < -0.3 is 19.2 Å². The molecule has 6 nitrogen and oxygen atoms in total. The molecule has 7 heteroatoms. The number of nitrogens with zero attached hydrogens (tertiary/aromatic N) is 1. The molecule has 1 rings (SSSR count). The zero-order valence-corrected chi connectivity index (χ0v) is 12.9. The first-order valence-corrected chi connectivity index (χ1v) is 7.64. The number of nitriles is 1.